The second kappa shape index (κ2) is 10.0. The average molecular weight is 503 g/mol. The Balaban J connectivity index is 1.53. The zero-order valence-corrected chi connectivity index (χ0v) is 19.3. The van der Waals surface area contributed by atoms with Crippen LogP contribution in [0, 0.1) is 0 Å². The molecule has 4 heterocycles. The SMILES string of the molecule is C=CCON=C(C(=O)NC1C(=O)N2C(C(=O)O)=C(C[n+]3ccccc3)CS[C@H]12)c1nsc(N)n1. The molecule has 34 heavy (non-hydrogen) atoms. The van der Waals surface area contributed by atoms with Crippen molar-refractivity contribution in [3.8, 4) is 0 Å². The standard InChI is InChI=1S/C20H19N7O5S2/c1-2-8-32-24-12(15-23-20(21)34-25-15)16(28)22-13-17(29)27-14(19(30)31)11(10-33-18(13)27)9-26-6-4-3-5-7-26/h2-7,13,18H,1,8-10H2,(H3-,21,22,23,25,28,30,31)/p+1/t13?,18-/m1/s1. The number of nitrogens with two attached hydrogens (primary N) is 1. The van der Waals surface area contributed by atoms with Crippen LogP contribution in [0.1, 0.15) is 5.82 Å². The molecule has 1 fully saturated rings. The largest absolute Gasteiger partial charge is 0.477 e. The number of amides is 2. The summed E-state index contributed by atoms with van der Waals surface area (Å²) in [5.74, 6) is -2.13. The van der Waals surface area contributed by atoms with Gasteiger partial charge in [0.25, 0.3) is 11.8 Å². The molecule has 0 bridgehead atoms. The third-order valence-electron chi connectivity index (χ3n) is 4.90. The minimum atomic E-state index is -1.20. The number of carboxylic acid groups (broad SMARTS) is 1. The monoisotopic (exact) mass is 502 g/mol. The number of aliphatic carboxylic acids is 1. The summed E-state index contributed by atoms with van der Waals surface area (Å²) in [7, 11) is 0. The molecule has 2 aromatic rings. The van der Waals surface area contributed by atoms with Crippen molar-refractivity contribution < 1.29 is 28.9 Å². The quantitative estimate of drug-likeness (QED) is 0.105. The van der Waals surface area contributed by atoms with Crippen molar-refractivity contribution in [1.82, 2.24) is 19.6 Å². The van der Waals surface area contributed by atoms with Gasteiger partial charge in [0.15, 0.2) is 24.1 Å². The molecule has 12 nitrogen and oxygen atoms in total. The van der Waals surface area contributed by atoms with Crippen molar-refractivity contribution in [2.24, 2.45) is 5.16 Å². The third kappa shape index (κ3) is 4.63. The number of carbonyl (C=O) groups is 3. The summed E-state index contributed by atoms with van der Waals surface area (Å²) in [5, 5.41) is 15.7. The number of nitrogens with zero attached hydrogens (tertiary/aromatic N) is 5. The summed E-state index contributed by atoms with van der Waals surface area (Å²) >= 11 is 2.25. The van der Waals surface area contributed by atoms with Crippen LogP contribution in [0.5, 0.6) is 0 Å². The molecule has 2 atom stereocenters. The molecule has 14 heteroatoms. The number of β-lactam (4-membered cyclic amide) rings is 1. The second-order valence-corrected chi connectivity index (χ2v) is 9.04. The number of anilines is 1. The summed E-state index contributed by atoms with van der Waals surface area (Å²) in [6, 6.07) is 4.58. The van der Waals surface area contributed by atoms with E-state index in [-0.39, 0.29) is 29.0 Å². The number of fused-ring (bicyclic) bond motifs is 1. The van der Waals surface area contributed by atoms with E-state index in [1.54, 1.807) is 0 Å². The van der Waals surface area contributed by atoms with Crippen LogP contribution < -0.4 is 15.6 Å². The normalized spacial score (nSPS) is 19.8. The third-order valence-corrected chi connectivity index (χ3v) is 6.79. The molecule has 0 spiro atoms. The smallest absolute Gasteiger partial charge is 0.352 e. The van der Waals surface area contributed by atoms with Crippen molar-refractivity contribution in [2.45, 2.75) is 18.0 Å². The van der Waals surface area contributed by atoms with Crippen molar-refractivity contribution in [3.63, 3.8) is 0 Å². The van der Waals surface area contributed by atoms with Crippen LogP contribution in [-0.4, -0.2) is 66.6 Å². The van der Waals surface area contributed by atoms with Crippen LogP contribution in [0.2, 0.25) is 0 Å². The van der Waals surface area contributed by atoms with Crippen LogP contribution in [0.15, 0.2) is 59.7 Å². The van der Waals surface area contributed by atoms with Gasteiger partial charge in [0.1, 0.15) is 23.7 Å². The molecule has 2 aliphatic heterocycles. The van der Waals surface area contributed by atoms with Gasteiger partial charge in [0.2, 0.25) is 11.5 Å². The van der Waals surface area contributed by atoms with E-state index in [0.29, 0.717) is 17.9 Å². The lowest BCUT2D eigenvalue weighted by atomic mass is 10.0. The number of nitrogens with one attached hydrogen (secondary N) is 1. The first-order chi connectivity index (χ1) is 16.4. The highest BCUT2D eigenvalue weighted by Crippen LogP contribution is 2.40. The van der Waals surface area contributed by atoms with Gasteiger partial charge < -0.3 is 21.0 Å². The van der Waals surface area contributed by atoms with E-state index >= 15 is 0 Å². The van der Waals surface area contributed by atoms with Crippen LogP contribution in [0.3, 0.4) is 0 Å². The number of carbonyl (C=O) groups excluding carboxylic acids is 2. The van der Waals surface area contributed by atoms with Gasteiger partial charge in [-0.15, -0.1) is 11.8 Å². The maximum Gasteiger partial charge on any atom is 0.352 e. The lowest BCUT2D eigenvalue weighted by Gasteiger charge is -2.49. The first kappa shape index (κ1) is 23.4. The Hall–Kier alpha value is -3.78. The maximum absolute atomic E-state index is 12.9. The number of hydrogen-bond acceptors (Lipinski definition) is 10. The summed E-state index contributed by atoms with van der Waals surface area (Å²) in [4.78, 5) is 48.1. The Morgan fingerprint density at radius 3 is 2.82 bits per heavy atom. The molecule has 2 aliphatic rings. The van der Waals surface area contributed by atoms with E-state index in [1.165, 1.54) is 22.7 Å². The van der Waals surface area contributed by atoms with Gasteiger partial charge in [-0.2, -0.15) is 9.36 Å². The van der Waals surface area contributed by atoms with E-state index in [2.05, 4.69) is 26.4 Å². The van der Waals surface area contributed by atoms with Gasteiger partial charge in [-0.25, -0.2) is 9.36 Å². The highest BCUT2D eigenvalue weighted by Gasteiger charge is 2.54. The highest BCUT2D eigenvalue weighted by molar-refractivity contribution is 8.00. The molecule has 0 saturated carbocycles. The van der Waals surface area contributed by atoms with Crippen molar-refractivity contribution >= 4 is 51.9 Å². The first-order valence-electron chi connectivity index (χ1n) is 9.96. The fourth-order valence-electron chi connectivity index (χ4n) is 3.44. The Kier molecular flexibility index (Phi) is 6.88. The molecular weight excluding hydrogens is 482 g/mol. The van der Waals surface area contributed by atoms with Crippen LogP contribution in [0.25, 0.3) is 0 Å². The highest BCUT2D eigenvalue weighted by atomic mass is 32.2. The van der Waals surface area contributed by atoms with Gasteiger partial charge in [0.05, 0.1) is 0 Å². The average Bonchev–Trinajstić information content (AvgIpc) is 3.26. The van der Waals surface area contributed by atoms with Crippen molar-refractivity contribution in [1.29, 1.82) is 0 Å². The zero-order chi connectivity index (χ0) is 24.2. The lowest BCUT2D eigenvalue weighted by molar-refractivity contribution is -0.689. The molecule has 0 aromatic carbocycles. The van der Waals surface area contributed by atoms with Crippen LogP contribution in [0.4, 0.5) is 5.13 Å². The number of hydrogen-bond donors (Lipinski definition) is 3. The minimum absolute atomic E-state index is 0.0416. The molecule has 4 N–H and O–H groups in total. The lowest BCUT2D eigenvalue weighted by Crippen LogP contribution is -2.71. The number of aromatic nitrogens is 3. The van der Waals surface area contributed by atoms with E-state index in [1.807, 2.05) is 35.2 Å². The van der Waals surface area contributed by atoms with E-state index in [9.17, 15) is 19.5 Å². The Morgan fingerprint density at radius 1 is 1.41 bits per heavy atom. The number of thioether (sulfide) groups is 1. The number of nitrogen functional groups attached to an aromatic ring is 1. The molecule has 0 radical (unpaired) electrons. The molecule has 0 aliphatic carbocycles. The fraction of sp³-hybridized carbons (Fsp3) is 0.250. The molecule has 2 amide bonds. The van der Waals surface area contributed by atoms with Gasteiger partial charge in [-0.05, 0) is 0 Å². The predicted octanol–water partition coefficient (Wildman–Crippen LogP) is -0.247. The van der Waals surface area contributed by atoms with Crippen LogP contribution >= 0.6 is 23.3 Å². The Bertz CT molecular complexity index is 1200. The topological polar surface area (TPSA) is 164 Å². The van der Waals surface area contributed by atoms with Crippen LogP contribution in [-0.2, 0) is 25.8 Å². The van der Waals surface area contributed by atoms with Crippen molar-refractivity contribution in [3.05, 3.63) is 60.3 Å². The maximum atomic E-state index is 12.9. The van der Waals surface area contributed by atoms with Gasteiger partial charge in [-0.1, -0.05) is 23.9 Å². The molecule has 2 aromatic heterocycles. The molecule has 176 valence electrons. The first-order valence-corrected chi connectivity index (χ1v) is 11.8. The Labute approximate surface area is 202 Å². The summed E-state index contributed by atoms with van der Waals surface area (Å²) in [6.07, 6.45) is 5.08. The Morgan fingerprint density at radius 2 is 2.18 bits per heavy atom. The van der Waals surface area contributed by atoms with Gasteiger partial charge in [0, 0.05) is 35.0 Å². The number of carboxylic acids is 1. The second-order valence-electron chi connectivity index (χ2n) is 7.15. The zero-order valence-electron chi connectivity index (χ0n) is 17.7. The number of oxime groups is 1. The summed E-state index contributed by atoms with van der Waals surface area (Å²) < 4.78 is 5.81. The van der Waals surface area contributed by atoms with E-state index in [0.717, 1.165) is 11.5 Å². The van der Waals surface area contributed by atoms with Gasteiger partial charge >= 0.3 is 5.97 Å². The molecule has 1 unspecified atom stereocenters. The number of pyridine rings is 1. The number of rotatable bonds is 9. The van der Waals surface area contributed by atoms with Crippen molar-refractivity contribution in [2.75, 3.05) is 18.1 Å². The van der Waals surface area contributed by atoms with Gasteiger partial charge in [-0.3, -0.25) is 14.5 Å². The minimum Gasteiger partial charge on any atom is -0.477 e. The summed E-state index contributed by atoms with van der Waals surface area (Å²) in [6.45, 7) is 3.88. The fourth-order valence-corrected chi connectivity index (χ4v) is 5.21. The predicted molar refractivity (Wildman–Crippen MR) is 123 cm³/mol. The van der Waals surface area contributed by atoms with E-state index < -0.39 is 29.2 Å². The summed E-state index contributed by atoms with van der Waals surface area (Å²) in [5.41, 5.74) is 5.89. The molecular formula is C20H20N7O5S2+. The molecule has 4 rings (SSSR count). The molecule has 1 saturated heterocycles. The van der Waals surface area contributed by atoms with E-state index in [4.69, 9.17) is 10.6 Å².